The molecular formula is C12H20N4O. The smallest absolute Gasteiger partial charge is 0.271 e. The van der Waals surface area contributed by atoms with E-state index in [1.165, 1.54) is 0 Å². The van der Waals surface area contributed by atoms with Crippen LogP contribution in [0.2, 0.25) is 0 Å². The standard InChI is InChI=1S/C12H20N4O/c1-9-7-13-5-3-10(9)8-14-12(17)11-4-6-16(2)15-11/h4,6,9-10,13H,3,5,7-8H2,1-2H3,(H,14,17). The minimum Gasteiger partial charge on any atom is -0.350 e. The Morgan fingerprint density at radius 3 is 3.18 bits per heavy atom. The third kappa shape index (κ3) is 3.06. The fourth-order valence-corrected chi connectivity index (χ4v) is 2.22. The van der Waals surface area contributed by atoms with Crippen LogP contribution in [-0.2, 0) is 7.05 Å². The quantitative estimate of drug-likeness (QED) is 0.798. The fourth-order valence-electron chi connectivity index (χ4n) is 2.22. The first kappa shape index (κ1) is 12.1. The summed E-state index contributed by atoms with van der Waals surface area (Å²) in [6.45, 7) is 5.07. The molecule has 0 saturated carbocycles. The van der Waals surface area contributed by atoms with Crippen LogP contribution >= 0.6 is 0 Å². The van der Waals surface area contributed by atoms with Crippen LogP contribution in [0.25, 0.3) is 0 Å². The van der Waals surface area contributed by atoms with Crippen LogP contribution in [0.1, 0.15) is 23.8 Å². The Bertz CT molecular complexity index is 388. The molecule has 0 aromatic carbocycles. The molecule has 0 aliphatic carbocycles. The normalized spacial score (nSPS) is 24.6. The number of aryl methyl sites for hydroxylation is 1. The highest BCUT2D eigenvalue weighted by molar-refractivity contribution is 5.92. The van der Waals surface area contributed by atoms with Gasteiger partial charge in [-0.15, -0.1) is 0 Å². The number of nitrogens with one attached hydrogen (secondary N) is 2. The highest BCUT2D eigenvalue weighted by atomic mass is 16.1. The van der Waals surface area contributed by atoms with Crippen LogP contribution in [0.5, 0.6) is 0 Å². The van der Waals surface area contributed by atoms with Crippen LogP contribution in [0.3, 0.4) is 0 Å². The van der Waals surface area contributed by atoms with Crippen molar-refractivity contribution in [3.05, 3.63) is 18.0 Å². The summed E-state index contributed by atoms with van der Waals surface area (Å²) in [5.74, 6) is 1.12. The number of nitrogens with zero attached hydrogens (tertiary/aromatic N) is 2. The Morgan fingerprint density at radius 1 is 1.71 bits per heavy atom. The number of hydrogen-bond acceptors (Lipinski definition) is 3. The van der Waals surface area contributed by atoms with E-state index in [1.807, 2.05) is 7.05 Å². The Balaban J connectivity index is 1.83. The van der Waals surface area contributed by atoms with Gasteiger partial charge in [0.25, 0.3) is 5.91 Å². The van der Waals surface area contributed by atoms with E-state index in [4.69, 9.17) is 0 Å². The average Bonchev–Trinajstić information content (AvgIpc) is 2.74. The minimum atomic E-state index is -0.0728. The molecule has 5 heteroatoms. The summed E-state index contributed by atoms with van der Waals surface area (Å²) in [6, 6.07) is 1.74. The highest BCUT2D eigenvalue weighted by Crippen LogP contribution is 2.17. The first-order valence-corrected chi connectivity index (χ1v) is 6.15. The lowest BCUT2D eigenvalue weighted by atomic mass is 9.88. The second-order valence-electron chi connectivity index (χ2n) is 4.81. The van der Waals surface area contributed by atoms with Crippen molar-refractivity contribution >= 4 is 5.91 Å². The van der Waals surface area contributed by atoms with Crippen molar-refractivity contribution in [1.29, 1.82) is 0 Å². The largest absolute Gasteiger partial charge is 0.350 e. The van der Waals surface area contributed by atoms with Crippen molar-refractivity contribution < 1.29 is 4.79 Å². The van der Waals surface area contributed by atoms with Gasteiger partial charge >= 0.3 is 0 Å². The maximum atomic E-state index is 11.8. The van der Waals surface area contributed by atoms with Gasteiger partial charge in [0.15, 0.2) is 0 Å². The molecule has 1 aromatic rings. The van der Waals surface area contributed by atoms with Crippen LogP contribution in [0.15, 0.2) is 12.3 Å². The molecule has 2 rings (SSSR count). The molecule has 1 aromatic heterocycles. The maximum Gasteiger partial charge on any atom is 0.271 e. The number of piperidine rings is 1. The van der Waals surface area contributed by atoms with Crippen molar-refractivity contribution in [1.82, 2.24) is 20.4 Å². The zero-order valence-corrected chi connectivity index (χ0v) is 10.4. The van der Waals surface area contributed by atoms with Gasteiger partial charge in [0.1, 0.15) is 5.69 Å². The van der Waals surface area contributed by atoms with Crippen LogP contribution in [0.4, 0.5) is 0 Å². The first-order chi connectivity index (χ1) is 8.16. The van der Waals surface area contributed by atoms with Gasteiger partial charge in [0.05, 0.1) is 0 Å². The van der Waals surface area contributed by atoms with Gasteiger partial charge in [-0.05, 0) is 37.4 Å². The number of hydrogen-bond donors (Lipinski definition) is 2. The predicted octanol–water partition coefficient (Wildman–Crippen LogP) is 0.395. The van der Waals surface area contributed by atoms with E-state index in [0.29, 0.717) is 17.5 Å². The van der Waals surface area contributed by atoms with Gasteiger partial charge in [0.2, 0.25) is 0 Å². The average molecular weight is 236 g/mol. The number of rotatable bonds is 3. The molecule has 5 nitrogen and oxygen atoms in total. The number of carbonyl (C=O) groups excluding carboxylic acids is 1. The zero-order valence-electron chi connectivity index (χ0n) is 10.4. The molecule has 94 valence electrons. The first-order valence-electron chi connectivity index (χ1n) is 6.15. The molecule has 1 saturated heterocycles. The lowest BCUT2D eigenvalue weighted by Crippen LogP contribution is -2.41. The summed E-state index contributed by atoms with van der Waals surface area (Å²) in [5, 5.41) is 10.4. The maximum absolute atomic E-state index is 11.8. The van der Waals surface area contributed by atoms with Crippen molar-refractivity contribution in [2.75, 3.05) is 19.6 Å². The van der Waals surface area contributed by atoms with Gasteiger partial charge in [-0.3, -0.25) is 9.48 Å². The van der Waals surface area contributed by atoms with E-state index in [1.54, 1.807) is 16.9 Å². The summed E-state index contributed by atoms with van der Waals surface area (Å²) in [5.41, 5.74) is 0.495. The molecule has 0 radical (unpaired) electrons. The van der Waals surface area contributed by atoms with Crippen LogP contribution in [0, 0.1) is 11.8 Å². The molecular weight excluding hydrogens is 216 g/mol. The monoisotopic (exact) mass is 236 g/mol. The van der Waals surface area contributed by atoms with Gasteiger partial charge < -0.3 is 10.6 Å². The van der Waals surface area contributed by atoms with Crippen LogP contribution in [-0.4, -0.2) is 35.3 Å². The van der Waals surface area contributed by atoms with E-state index >= 15 is 0 Å². The Kier molecular flexibility index (Phi) is 3.78. The second-order valence-corrected chi connectivity index (χ2v) is 4.81. The summed E-state index contributed by atoms with van der Waals surface area (Å²) in [7, 11) is 1.81. The molecule has 0 spiro atoms. The SMILES string of the molecule is CC1CNCCC1CNC(=O)c1ccn(C)n1. The van der Waals surface area contributed by atoms with E-state index in [2.05, 4.69) is 22.7 Å². The molecule has 17 heavy (non-hydrogen) atoms. The zero-order chi connectivity index (χ0) is 12.3. The molecule has 2 N–H and O–H groups in total. The van der Waals surface area contributed by atoms with Crippen molar-refractivity contribution in [2.24, 2.45) is 18.9 Å². The van der Waals surface area contributed by atoms with E-state index in [-0.39, 0.29) is 5.91 Å². The van der Waals surface area contributed by atoms with E-state index in [0.717, 1.165) is 26.1 Å². The Labute approximate surface area is 102 Å². The summed E-state index contributed by atoms with van der Waals surface area (Å²) < 4.78 is 1.64. The topological polar surface area (TPSA) is 58.9 Å². The molecule has 0 bridgehead atoms. The molecule has 1 aliphatic heterocycles. The van der Waals surface area contributed by atoms with Gasteiger partial charge in [-0.25, -0.2) is 0 Å². The van der Waals surface area contributed by atoms with Crippen molar-refractivity contribution in [3.63, 3.8) is 0 Å². The lowest BCUT2D eigenvalue weighted by Gasteiger charge is -2.29. The van der Waals surface area contributed by atoms with Crippen molar-refractivity contribution in [3.8, 4) is 0 Å². The second kappa shape index (κ2) is 5.31. The lowest BCUT2D eigenvalue weighted by molar-refractivity contribution is 0.0932. The van der Waals surface area contributed by atoms with Crippen LogP contribution < -0.4 is 10.6 Å². The number of aromatic nitrogens is 2. The molecule has 2 atom stereocenters. The van der Waals surface area contributed by atoms with E-state index in [9.17, 15) is 4.79 Å². The minimum absolute atomic E-state index is 0.0728. The molecule has 1 aliphatic rings. The predicted molar refractivity (Wildman–Crippen MR) is 65.7 cm³/mol. The fraction of sp³-hybridized carbons (Fsp3) is 0.667. The van der Waals surface area contributed by atoms with Gasteiger partial charge in [-0.1, -0.05) is 6.92 Å². The highest BCUT2D eigenvalue weighted by Gasteiger charge is 2.21. The van der Waals surface area contributed by atoms with E-state index < -0.39 is 0 Å². The Hall–Kier alpha value is -1.36. The third-order valence-electron chi connectivity index (χ3n) is 3.43. The number of amides is 1. The summed E-state index contributed by atoms with van der Waals surface area (Å²) in [4.78, 5) is 11.8. The van der Waals surface area contributed by atoms with Crippen molar-refractivity contribution in [2.45, 2.75) is 13.3 Å². The number of carbonyl (C=O) groups is 1. The summed E-state index contributed by atoms with van der Waals surface area (Å²) in [6.07, 6.45) is 2.91. The molecule has 1 fully saturated rings. The third-order valence-corrected chi connectivity index (χ3v) is 3.43. The van der Waals surface area contributed by atoms with Gasteiger partial charge in [-0.2, -0.15) is 5.10 Å². The molecule has 1 amide bonds. The summed E-state index contributed by atoms with van der Waals surface area (Å²) >= 11 is 0. The van der Waals surface area contributed by atoms with Gasteiger partial charge in [0, 0.05) is 19.8 Å². The molecule has 2 unspecified atom stereocenters. The molecule has 2 heterocycles. The Morgan fingerprint density at radius 2 is 2.53 bits per heavy atom.